The number of morpholine rings is 1. The standard InChI is InChI=1S/C21H26N2O3S/c24-21(15-26-18-7-6-16-3-1-4-17(16)13-18)22-14-19(20-5-2-12-27-20)23-8-10-25-11-9-23/h2,5-7,12-13,19H,1,3-4,8-11,14-15H2,(H,22,24)/p+1/t19-/m0/s1. The number of quaternary nitrogens is 1. The van der Waals surface area contributed by atoms with Crippen molar-refractivity contribution in [1.82, 2.24) is 5.32 Å². The fourth-order valence-corrected chi connectivity index (χ4v) is 4.86. The number of aryl methyl sites for hydroxylation is 2. The van der Waals surface area contributed by atoms with E-state index in [2.05, 4.69) is 35.0 Å². The Labute approximate surface area is 164 Å². The van der Waals surface area contributed by atoms with Gasteiger partial charge in [0.1, 0.15) is 24.9 Å². The van der Waals surface area contributed by atoms with Crippen molar-refractivity contribution in [1.29, 1.82) is 0 Å². The highest BCUT2D eigenvalue weighted by Gasteiger charge is 2.27. The summed E-state index contributed by atoms with van der Waals surface area (Å²) in [4.78, 5) is 15.1. The quantitative estimate of drug-likeness (QED) is 0.755. The number of rotatable bonds is 7. The highest BCUT2D eigenvalue weighted by Crippen LogP contribution is 2.26. The Balaban J connectivity index is 1.30. The first-order valence-electron chi connectivity index (χ1n) is 9.76. The SMILES string of the molecule is O=C(COc1ccc2c(c1)CCC2)NC[C@@H](c1cccs1)[NH+]1CCOCC1. The molecule has 0 bridgehead atoms. The van der Waals surface area contributed by atoms with Gasteiger partial charge in [0.15, 0.2) is 6.61 Å². The van der Waals surface area contributed by atoms with E-state index in [1.54, 1.807) is 11.3 Å². The fraction of sp³-hybridized carbons (Fsp3) is 0.476. The minimum Gasteiger partial charge on any atom is -0.484 e. The minimum atomic E-state index is -0.0651. The molecule has 1 fully saturated rings. The summed E-state index contributed by atoms with van der Waals surface area (Å²) in [5.41, 5.74) is 2.78. The Morgan fingerprint density at radius 1 is 1.22 bits per heavy atom. The molecular weight excluding hydrogens is 360 g/mol. The van der Waals surface area contributed by atoms with Crippen molar-refractivity contribution in [3.63, 3.8) is 0 Å². The van der Waals surface area contributed by atoms with Crippen molar-refractivity contribution >= 4 is 17.2 Å². The van der Waals surface area contributed by atoms with E-state index in [1.807, 2.05) is 6.07 Å². The van der Waals surface area contributed by atoms with Gasteiger partial charge in [0, 0.05) is 0 Å². The molecule has 2 N–H and O–H groups in total. The average molecular weight is 388 g/mol. The van der Waals surface area contributed by atoms with E-state index in [4.69, 9.17) is 9.47 Å². The fourth-order valence-electron chi connectivity index (χ4n) is 3.97. The van der Waals surface area contributed by atoms with Crippen LogP contribution in [0.15, 0.2) is 35.7 Å². The Bertz CT molecular complexity index is 757. The van der Waals surface area contributed by atoms with Crippen LogP contribution in [0.1, 0.15) is 28.5 Å². The van der Waals surface area contributed by atoms with Crippen LogP contribution in [0.5, 0.6) is 5.75 Å². The van der Waals surface area contributed by atoms with Crippen LogP contribution >= 0.6 is 11.3 Å². The summed E-state index contributed by atoms with van der Waals surface area (Å²) < 4.78 is 11.2. The van der Waals surface area contributed by atoms with Crippen molar-refractivity contribution in [2.75, 3.05) is 39.5 Å². The summed E-state index contributed by atoms with van der Waals surface area (Å²) in [7, 11) is 0. The third-order valence-electron chi connectivity index (χ3n) is 5.46. The number of amides is 1. The van der Waals surface area contributed by atoms with Crippen molar-refractivity contribution in [2.45, 2.75) is 25.3 Å². The van der Waals surface area contributed by atoms with E-state index >= 15 is 0 Å². The van der Waals surface area contributed by atoms with Crippen LogP contribution in [0.25, 0.3) is 0 Å². The number of fused-ring (bicyclic) bond motifs is 1. The van der Waals surface area contributed by atoms with E-state index in [1.165, 1.54) is 27.3 Å². The van der Waals surface area contributed by atoms with Gasteiger partial charge in [-0.2, -0.15) is 0 Å². The predicted octanol–water partition coefficient (Wildman–Crippen LogP) is 1.39. The maximum atomic E-state index is 12.3. The van der Waals surface area contributed by atoms with Crippen LogP contribution < -0.4 is 15.0 Å². The molecule has 1 amide bonds. The van der Waals surface area contributed by atoms with Gasteiger partial charge in [-0.15, -0.1) is 11.3 Å². The first-order valence-corrected chi connectivity index (χ1v) is 10.6. The van der Waals surface area contributed by atoms with Crippen molar-refractivity contribution in [2.24, 2.45) is 0 Å². The molecule has 2 aliphatic rings. The molecular formula is C21H27N2O3S+. The molecule has 1 aliphatic heterocycles. The summed E-state index contributed by atoms with van der Waals surface area (Å²) in [6, 6.07) is 10.7. The van der Waals surface area contributed by atoms with Crippen molar-refractivity contribution in [3.05, 3.63) is 51.7 Å². The molecule has 4 rings (SSSR count). The number of nitrogens with one attached hydrogen (secondary N) is 2. The molecule has 0 saturated carbocycles. The predicted molar refractivity (Wildman–Crippen MR) is 106 cm³/mol. The third-order valence-corrected chi connectivity index (χ3v) is 6.44. The van der Waals surface area contributed by atoms with Crippen LogP contribution in [0.4, 0.5) is 0 Å². The largest absolute Gasteiger partial charge is 0.484 e. The number of hydrogen-bond donors (Lipinski definition) is 2. The van der Waals surface area contributed by atoms with Crippen molar-refractivity contribution < 1.29 is 19.2 Å². The maximum Gasteiger partial charge on any atom is 0.258 e. The zero-order chi connectivity index (χ0) is 18.5. The molecule has 5 nitrogen and oxygen atoms in total. The molecule has 1 saturated heterocycles. The average Bonchev–Trinajstić information content (AvgIpc) is 3.39. The number of hydrogen-bond acceptors (Lipinski definition) is 4. The second-order valence-corrected chi connectivity index (χ2v) is 8.19. The highest BCUT2D eigenvalue weighted by atomic mass is 32.1. The lowest BCUT2D eigenvalue weighted by Gasteiger charge is -2.31. The Hall–Kier alpha value is -1.89. The van der Waals surface area contributed by atoms with Crippen molar-refractivity contribution in [3.8, 4) is 5.75 Å². The van der Waals surface area contributed by atoms with E-state index in [0.29, 0.717) is 6.54 Å². The molecule has 1 atom stereocenters. The summed E-state index contributed by atoms with van der Waals surface area (Å²) in [5.74, 6) is 0.726. The first-order chi connectivity index (χ1) is 13.3. The van der Waals surface area contributed by atoms with Gasteiger partial charge in [0.05, 0.1) is 24.6 Å². The zero-order valence-corrected chi connectivity index (χ0v) is 16.4. The van der Waals surface area contributed by atoms with Gasteiger partial charge in [0.2, 0.25) is 0 Å². The molecule has 1 aromatic heterocycles. The van der Waals surface area contributed by atoms with Gasteiger partial charge in [-0.3, -0.25) is 4.79 Å². The van der Waals surface area contributed by atoms with Crippen LogP contribution in [-0.4, -0.2) is 45.4 Å². The van der Waals surface area contributed by atoms with Gasteiger partial charge in [-0.25, -0.2) is 0 Å². The Morgan fingerprint density at radius 2 is 2.07 bits per heavy atom. The van der Waals surface area contributed by atoms with Gasteiger partial charge in [-0.05, 0) is 54.0 Å². The summed E-state index contributed by atoms with van der Waals surface area (Å²) in [6.07, 6.45) is 3.49. The summed E-state index contributed by atoms with van der Waals surface area (Å²) in [5, 5.41) is 5.17. The molecule has 144 valence electrons. The van der Waals surface area contributed by atoms with Gasteiger partial charge in [-0.1, -0.05) is 12.1 Å². The lowest BCUT2D eigenvalue weighted by Crippen LogP contribution is -3.15. The molecule has 0 radical (unpaired) electrons. The molecule has 2 heterocycles. The van der Waals surface area contributed by atoms with Crippen LogP contribution in [0, 0.1) is 0 Å². The monoisotopic (exact) mass is 387 g/mol. The van der Waals surface area contributed by atoms with Gasteiger partial charge >= 0.3 is 0 Å². The maximum absolute atomic E-state index is 12.3. The van der Waals surface area contributed by atoms with E-state index in [9.17, 15) is 4.79 Å². The number of carbonyl (C=O) groups excluding carboxylic acids is 1. The van der Waals surface area contributed by atoms with E-state index in [-0.39, 0.29) is 18.6 Å². The second-order valence-electron chi connectivity index (χ2n) is 7.22. The smallest absolute Gasteiger partial charge is 0.258 e. The normalized spacial score (nSPS) is 18.1. The van der Waals surface area contributed by atoms with Gasteiger partial charge in [0.25, 0.3) is 5.91 Å². The number of ether oxygens (including phenoxy) is 2. The molecule has 1 aliphatic carbocycles. The van der Waals surface area contributed by atoms with E-state index < -0.39 is 0 Å². The Kier molecular flexibility index (Phi) is 6.07. The first kappa shape index (κ1) is 18.5. The molecule has 0 spiro atoms. The van der Waals surface area contributed by atoms with Crippen LogP contribution in [-0.2, 0) is 22.4 Å². The third kappa shape index (κ3) is 4.69. The van der Waals surface area contributed by atoms with Gasteiger partial charge < -0.3 is 19.7 Å². The molecule has 0 unspecified atom stereocenters. The van der Waals surface area contributed by atoms with Crippen LogP contribution in [0.2, 0.25) is 0 Å². The second kappa shape index (κ2) is 8.87. The molecule has 1 aromatic carbocycles. The number of carbonyl (C=O) groups is 1. The zero-order valence-electron chi connectivity index (χ0n) is 15.5. The summed E-state index contributed by atoms with van der Waals surface area (Å²) in [6.45, 7) is 4.21. The van der Waals surface area contributed by atoms with Crippen LogP contribution in [0.3, 0.4) is 0 Å². The molecule has 6 heteroatoms. The minimum absolute atomic E-state index is 0.0639. The Morgan fingerprint density at radius 3 is 2.89 bits per heavy atom. The molecule has 27 heavy (non-hydrogen) atoms. The number of benzene rings is 1. The van der Waals surface area contributed by atoms with E-state index in [0.717, 1.165) is 44.9 Å². The highest BCUT2D eigenvalue weighted by molar-refractivity contribution is 7.10. The lowest BCUT2D eigenvalue weighted by atomic mass is 10.1. The topological polar surface area (TPSA) is 52.0 Å². The number of thiophene rings is 1. The summed E-state index contributed by atoms with van der Waals surface area (Å²) >= 11 is 1.75. The lowest BCUT2D eigenvalue weighted by molar-refractivity contribution is -0.937. The molecule has 2 aromatic rings.